The van der Waals surface area contributed by atoms with Crippen molar-refractivity contribution in [2.75, 3.05) is 5.73 Å². The molecule has 3 N–H and O–H groups in total. The largest absolute Gasteiger partial charge is 0.399 e. The van der Waals surface area contributed by atoms with E-state index in [1.165, 1.54) is 0 Å². The minimum absolute atomic E-state index is 0.0842. The van der Waals surface area contributed by atoms with Crippen LogP contribution in [0.4, 0.5) is 5.69 Å². The van der Waals surface area contributed by atoms with Gasteiger partial charge >= 0.3 is 0 Å². The number of nitrogens with one attached hydrogen (secondary N) is 1. The SMILES string of the molecule is CCCC(CC)NC(=O)C(C)c1cccc(N)c1. The van der Waals surface area contributed by atoms with Gasteiger partial charge in [-0.3, -0.25) is 4.79 Å². The van der Waals surface area contributed by atoms with E-state index in [2.05, 4.69) is 19.2 Å². The van der Waals surface area contributed by atoms with E-state index >= 15 is 0 Å². The van der Waals surface area contributed by atoms with Crippen molar-refractivity contribution >= 4 is 11.6 Å². The molecule has 0 heterocycles. The highest BCUT2D eigenvalue weighted by Crippen LogP contribution is 2.18. The quantitative estimate of drug-likeness (QED) is 0.760. The monoisotopic (exact) mass is 248 g/mol. The molecule has 18 heavy (non-hydrogen) atoms. The lowest BCUT2D eigenvalue weighted by atomic mass is 9.99. The molecule has 0 radical (unpaired) electrons. The molecule has 3 nitrogen and oxygen atoms in total. The first kappa shape index (κ1) is 14.6. The van der Waals surface area contributed by atoms with E-state index in [4.69, 9.17) is 5.73 Å². The maximum Gasteiger partial charge on any atom is 0.227 e. The van der Waals surface area contributed by atoms with E-state index in [9.17, 15) is 4.79 Å². The third-order valence-electron chi connectivity index (χ3n) is 3.28. The fourth-order valence-electron chi connectivity index (χ4n) is 2.03. The molecule has 0 spiro atoms. The summed E-state index contributed by atoms with van der Waals surface area (Å²) in [5.74, 6) is -0.0692. The number of nitrogens with two attached hydrogens (primary N) is 1. The zero-order valence-corrected chi connectivity index (χ0v) is 11.6. The summed E-state index contributed by atoms with van der Waals surface area (Å²) >= 11 is 0. The lowest BCUT2D eigenvalue weighted by molar-refractivity contribution is -0.123. The minimum Gasteiger partial charge on any atom is -0.399 e. The lowest BCUT2D eigenvalue weighted by Gasteiger charge is -2.19. The zero-order chi connectivity index (χ0) is 13.5. The number of rotatable bonds is 6. The Bertz CT molecular complexity index is 390. The van der Waals surface area contributed by atoms with E-state index in [0.29, 0.717) is 5.69 Å². The van der Waals surface area contributed by atoms with Gasteiger partial charge in [-0.15, -0.1) is 0 Å². The third kappa shape index (κ3) is 4.06. The summed E-state index contributed by atoms with van der Waals surface area (Å²) in [5, 5.41) is 3.11. The number of amides is 1. The zero-order valence-electron chi connectivity index (χ0n) is 11.6. The second-order valence-corrected chi connectivity index (χ2v) is 4.79. The number of hydrogen-bond acceptors (Lipinski definition) is 2. The molecule has 1 rings (SSSR count). The Labute approximate surface area is 110 Å². The molecule has 2 unspecified atom stereocenters. The van der Waals surface area contributed by atoms with Crippen LogP contribution in [0.3, 0.4) is 0 Å². The van der Waals surface area contributed by atoms with Crippen LogP contribution in [0.15, 0.2) is 24.3 Å². The summed E-state index contributed by atoms with van der Waals surface area (Å²) in [6.07, 6.45) is 3.10. The van der Waals surface area contributed by atoms with E-state index < -0.39 is 0 Å². The molecule has 3 heteroatoms. The van der Waals surface area contributed by atoms with Crippen molar-refractivity contribution in [2.24, 2.45) is 0 Å². The first-order valence-electron chi connectivity index (χ1n) is 6.74. The maximum absolute atomic E-state index is 12.1. The van der Waals surface area contributed by atoms with Crippen LogP contribution in [-0.2, 0) is 4.79 Å². The average Bonchev–Trinajstić information content (AvgIpc) is 2.37. The van der Waals surface area contributed by atoms with Crippen LogP contribution in [0.5, 0.6) is 0 Å². The van der Waals surface area contributed by atoms with E-state index in [1.807, 2.05) is 31.2 Å². The molecule has 0 aliphatic heterocycles. The van der Waals surface area contributed by atoms with E-state index in [1.54, 1.807) is 0 Å². The van der Waals surface area contributed by atoms with Crippen LogP contribution in [0.25, 0.3) is 0 Å². The second kappa shape index (κ2) is 7.04. The highest BCUT2D eigenvalue weighted by molar-refractivity contribution is 5.83. The number of anilines is 1. The molecule has 100 valence electrons. The molecule has 1 aromatic carbocycles. The fraction of sp³-hybridized carbons (Fsp3) is 0.533. The highest BCUT2D eigenvalue weighted by Gasteiger charge is 2.17. The van der Waals surface area contributed by atoms with Crippen LogP contribution < -0.4 is 11.1 Å². The number of benzene rings is 1. The molecule has 0 saturated carbocycles. The van der Waals surface area contributed by atoms with Crippen molar-refractivity contribution < 1.29 is 4.79 Å². The molecular weight excluding hydrogens is 224 g/mol. The first-order chi connectivity index (χ1) is 8.58. The number of carbonyl (C=O) groups is 1. The Balaban J connectivity index is 2.66. The van der Waals surface area contributed by atoms with Crippen LogP contribution >= 0.6 is 0 Å². The fourth-order valence-corrected chi connectivity index (χ4v) is 2.03. The van der Waals surface area contributed by atoms with Gasteiger partial charge in [0.25, 0.3) is 0 Å². The van der Waals surface area contributed by atoms with Crippen LogP contribution in [-0.4, -0.2) is 11.9 Å². The van der Waals surface area contributed by atoms with Gasteiger partial charge in [-0.1, -0.05) is 32.4 Å². The molecule has 0 aliphatic rings. The predicted octanol–water partition coefficient (Wildman–Crippen LogP) is 3.07. The molecule has 0 aromatic heterocycles. The molecule has 0 aliphatic carbocycles. The Morgan fingerprint density at radius 1 is 1.39 bits per heavy atom. The Morgan fingerprint density at radius 3 is 2.67 bits per heavy atom. The normalized spacial score (nSPS) is 13.9. The van der Waals surface area contributed by atoms with Crippen molar-refractivity contribution in [2.45, 2.75) is 52.0 Å². The van der Waals surface area contributed by atoms with Gasteiger partial charge in [-0.2, -0.15) is 0 Å². The van der Waals surface area contributed by atoms with Gasteiger partial charge in [0.1, 0.15) is 0 Å². The predicted molar refractivity (Wildman–Crippen MR) is 76.4 cm³/mol. The van der Waals surface area contributed by atoms with Gasteiger partial charge in [0.05, 0.1) is 5.92 Å². The molecule has 0 fully saturated rings. The second-order valence-electron chi connectivity index (χ2n) is 4.79. The Morgan fingerprint density at radius 2 is 2.11 bits per heavy atom. The molecule has 0 bridgehead atoms. The van der Waals surface area contributed by atoms with Crippen molar-refractivity contribution in [3.63, 3.8) is 0 Å². The summed E-state index contributed by atoms with van der Waals surface area (Å²) in [5.41, 5.74) is 7.41. The number of carbonyl (C=O) groups excluding carboxylic acids is 1. The first-order valence-corrected chi connectivity index (χ1v) is 6.74. The molecule has 1 aromatic rings. The smallest absolute Gasteiger partial charge is 0.227 e. The molecule has 0 saturated heterocycles. The standard InChI is InChI=1S/C15H24N2O/c1-4-7-14(5-2)17-15(18)11(3)12-8-6-9-13(16)10-12/h6,8-11,14H,4-5,7,16H2,1-3H3,(H,17,18). The van der Waals surface area contributed by atoms with Gasteiger partial charge in [0.2, 0.25) is 5.91 Å². The number of nitrogen functional groups attached to an aromatic ring is 1. The summed E-state index contributed by atoms with van der Waals surface area (Å²) in [6, 6.07) is 7.82. The maximum atomic E-state index is 12.1. The van der Waals surface area contributed by atoms with Crippen LogP contribution in [0, 0.1) is 0 Å². The van der Waals surface area contributed by atoms with E-state index in [0.717, 1.165) is 24.8 Å². The summed E-state index contributed by atoms with van der Waals surface area (Å²) in [4.78, 5) is 12.1. The summed E-state index contributed by atoms with van der Waals surface area (Å²) < 4.78 is 0. The summed E-state index contributed by atoms with van der Waals surface area (Å²) in [6.45, 7) is 6.16. The van der Waals surface area contributed by atoms with Gasteiger partial charge < -0.3 is 11.1 Å². The van der Waals surface area contributed by atoms with Gasteiger partial charge in [-0.25, -0.2) is 0 Å². The van der Waals surface area contributed by atoms with E-state index in [-0.39, 0.29) is 17.9 Å². The minimum atomic E-state index is -0.153. The highest BCUT2D eigenvalue weighted by atomic mass is 16.1. The van der Waals surface area contributed by atoms with Crippen molar-refractivity contribution in [3.05, 3.63) is 29.8 Å². The van der Waals surface area contributed by atoms with Crippen molar-refractivity contribution in [1.82, 2.24) is 5.32 Å². The van der Waals surface area contributed by atoms with Crippen molar-refractivity contribution in [1.29, 1.82) is 0 Å². The summed E-state index contributed by atoms with van der Waals surface area (Å²) in [7, 11) is 0. The van der Waals surface area contributed by atoms with Crippen molar-refractivity contribution in [3.8, 4) is 0 Å². The molecular formula is C15H24N2O. The molecule has 2 atom stereocenters. The van der Waals surface area contributed by atoms with Crippen LogP contribution in [0.1, 0.15) is 51.5 Å². The average molecular weight is 248 g/mol. The third-order valence-corrected chi connectivity index (χ3v) is 3.28. The van der Waals surface area contributed by atoms with Crippen LogP contribution in [0.2, 0.25) is 0 Å². The Hall–Kier alpha value is -1.51. The van der Waals surface area contributed by atoms with Gasteiger partial charge in [0.15, 0.2) is 0 Å². The Kier molecular flexibility index (Phi) is 5.69. The molecule has 1 amide bonds. The lowest BCUT2D eigenvalue weighted by Crippen LogP contribution is -2.36. The topological polar surface area (TPSA) is 55.1 Å². The van der Waals surface area contributed by atoms with Gasteiger partial charge in [0, 0.05) is 11.7 Å². The number of hydrogen-bond donors (Lipinski definition) is 2. The van der Waals surface area contributed by atoms with Gasteiger partial charge in [-0.05, 0) is 37.5 Å².